The maximum absolute atomic E-state index is 12.6. The van der Waals surface area contributed by atoms with Gasteiger partial charge in [0.25, 0.3) is 0 Å². The number of anilines is 1. The van der Waals surface area contributed by atoms with Crippen LogP contribution in [0.2, 0.25) is 0 Å². The normalized spacial score (nSPS) is 17.8. The van der Waals surface area contributed by atoms with Crippen LogP contribution >= 0.6 is 0 Å². The largest absolute Gasteiger partial charge is 0.416 e. The lowest BCUT2D eigenvalue weighted by molar-refractivity contribution is -0.137. The van der Waals surface area contributed by atoms with Crippen LogP contribution in [0.15, 0.2) is 18.3 Å². The van der Waals surface area contributed by atoms with Gasteiger partial charge in [-0.15, -0.1) is 0 Å². The van der Waals surface area contributed by atoms with Gasteiger partial charge in [0.1, 0.15) is 5.82 Å². The highest BCUT2D eigenvalue weighted by Crippen LogP contribution is 2.30. The molecule has 0 atom stereocenters. The summed E-state index contributed by atoms with van der Waals surface area (Å²) in [5, 5.41) is 0. The molecule has 0 aromatic carbocycles. The van der Waals surface area contributed by atoms with Crippen molar-refractivity contribution < 1.29 is 13.2 Å². The Morgan fingerprint density at radius 2 is 1.89 bits per heavy atom. The fourth-order valence-electron chi connectivity index (χ4n) is 2.15. The lowest BCUT2D eigenvalue weighted by Crippen LogP contribution is -2.48. The van der Waals surface area contributed by atoms with Crippen molar-refractivity contribution in [3.05, 3.63) is 23.9 Å². The first-order chi connectivity index (χ1) is 9.00. The predicted molar refractivity (Wildman–Crippen MR) is 66.9 cm³/mol. The Kier molecular flexibility index (Phi) is 4.26. The van der Waals surface area contributed by atoms with Gasteiger partial charge >= 0.3 is 6.18 Å². The van der Waals surface area contributed by atoms with E-state index >= 15 is 0 Å². The SMILES string of the molecule is NCCN1CCN(c2cc(C(F)(F)F)ccn2)CC1. The number of nitrogens with two attached hydrogens (primary N) is 1. The molecular weight excluding hydrogens is 257 g/mol. The van der Waals surface area contributed by atoms with Gasteiger partial charge in [-0.05, 0) is 12.1 Å². The summed E-state index contributed by atoms with van der Waals surface area (Å²) in [7, 11) is 0. The number of pyridine rings is 1. The van der Waals surface area contributed by atoms with Crippen molar-refractivity contribution in [2.24, 2.45) is 5.73 Å². The van der Waals surface area contributed by atoms with Crippen LogP contribution in [0.25, 0.3) is 0 Å². The van der Waals surface area contributed by atoms with Gasteiger partial charge in [0, 0.05) is 45.5 Å². The van der Waals surface area contributed by atoms with Gasteiger partial charge in [0.2, 0.25) is 0 Å². The van der Waals surface area contributed by atoms with E-state index < -0.39 is 11.7 Å². The second-order valence-corrected chi connectivity index (χ2v) is 4.52. The number of aromatic nitrogens is 1. The minimum atomic E-state index is -4.32. The minimum Gasteiger partial charge on any atom is -0.354 e. The van der Waals surface area contributed by atoms with E-state index in [1.54, 1.807) is 0 Å². The molecule has 1 saturated heterocycles. The van der Waals surface area contributed by atoms with E-state index in [9.17, 15) is 13.2 Å². The van der Waals surface area contributed by atoms with Crippen molar-refractivity contribution in [1.82, 2.24) is 9.88 Å². The third-order valence-electron chi connectivity index (χ3n) is 3.21. The lowest BCUT2D eigenvalue weighted by Gasteiger charge is -2.35. The first-order valence-electron chi connectivity index (χ1n) is 6.21. The third-order valence-corrected chi connectivity index (χ3v) is 3.21. The topological polar surface area (TPSA) is 45.4 Å². The van der Waals surface area contributed by atoms with Crippen LogP contribution in [0.5, 0.6) is 0 Å². The molecule has 7 heteroatoms. The lowest BCUT2D eigenvalue weighted by atomic mass is 10.2. The molecule has 1 aliphatic heterocycles. The van der Waals surface area contributed by atoms with Crippen molar-refractivity contribution in [1.29, 1.82) is 0 Å². The molecule has 1 aromatic rings. The van der Waals surface area contributed by atoms with Crippen molar-refractivity contribution >= 4 is 5.82 Å². The first kappa shape index (κ1) is 14.1. The Labute approximate surface area is 110 Å². The van der Waals surface area contributed by atoms with Crippen LogP contribution in [0.3, 0.4) is 0 Å². The van der Waals surface area contributed by atoms with Crippen LogP contribution in [-0.2, 0) is 6.18 Å². The van der Waals surface area contributed by atoms with Crippen LogP contribution in [0.1, 0.15) is 5.56 Å². The molecule has 0 aliphatic carbocycles. The number of halogens is 3. The number of piperazine rings is 1. The van der Waals surface area contributed by atoms with E-state index in [-0.39, 0.29) is 0 Å². The molecule has 1 fully saturated rings. The smallest absolute Gasteiger partial charge is 0.354 e. The Morgan fingerprint density at radius 1 is 1.21 bits per heavy atom. The Bertz CT molecular complexity index is 414. The fraction of sp³-hybridized carbons (Fsp3) is 0.583. The van der Waals surface area contributed by atoms with E-state index in [1.165, 1.54) is 6.20 Å². The molecule has 2 heterocycles. The standard InChI is InChI=1S/C12H17F3N4/c13-12(14,15)10-1-3-17-11(9-10)19-7-5-18(4-2-16)6-8-19/h1,3,9H,2,4-8,16H2. The number of rotatable bonds is 3. The van der Waals surface area contributed by atoms with Crippen LogP contribution in [0, 0.1) is 0 Å². The summed E-state index contributed by atoms with van der Waals surface area (Å²) in [4.78, 5) is 8.11. The molecule has 2 N–H and O–H groups in total. The molecular formula is C12H17F3N4. The number of hydrogen-bond acceptors (Lipinski definition) is 4. The van der Waals surface area contributed by atoms with E-state index in [0.717, 1.165) is 31.8 Å². The van der Waals surface area contributed by atoms with E-state index in [2.05, 4.69) is 9.88 Å². The van der Waals surface area contributed by atoms with Crippen molar-refractivity contribution in [2.75, 3.05) is 44.2 Å². The van der Waals surface area contributed by atoms with Crippen molar-refractivity contribution in [3.63, 3.8) is 0 Å². The van der Waals surface area contributed by atoms with Crippen LogP contribution in [-0.4, -0.2) is 49.2 Å². The molecule has 1 aliphatic rings. The highest BCUT2D eigenvalue weighted by molar-refractivity contribution is 5.42. The van der Waals surface area contributed by atoms with Gasteiger partial charge in [-0.25, -0.2) is 4.98 Å². The molecule has 19 heavy (non-hydrogen) atoms. The zero-order chi connectivity index (χ0) is 13.9. The van der Waals surface area contributed by atoms with Crippen molar-refractivity contribution in [2.45, 2.75) is 6.18 Å². The Balaban J connectivity index is 2.03. The molecule has 0 spiro atoms. The molecule has 0 bridgehead atoms. The molecule has 0 unspecified atom stereocenters. The Morgan fingerprint density at radius 3 is 2.47 bits per heavy atom. The number of nitrogens with zero attached hydrogens (tertiary/aromatic N) is 3. The van der Waals surface area contributed by atoms with Gasteiger partial charge in [0.05, 0.1) is 5.56 Å². The maximum atomic E-state index is 12.6. The number of hydrogen-bond donors (Lipinski definition) is 1. The molecule has 0 saturated carbocycles. The summed E-state index contributed by atoms with van der Waals surface area (Å²) in [5.41, 5.74) is 4.83. The predicted octanol–water partition coefficient (Wildman–Crippen LogP) is 1.18. The van der Waals surface area contributed by atoms with Crippen LogP contribution < -0.4 is 10.6 Å². The average Bonchev–Trinajstić information content (AvgIpc) is 2.39. The zero-order valence-corrected chi connectivity index (χ0v) is 10.5. The number of alkyl halides is 3. The van der Waals surface area contributed by atoms with Gasteiger partial charge in [-0.1, -0.05) is 0 Å². The molecule has 4 nitrogen and oxygen atoms in total. The van der Waals surface area contributed by atoms with Gasteiger partial charge in [-0.2, -0.15) is 13.2 Å². The summed E-state index contributed by atoms with van der Waals surface area (Å²) in [5.74, 6) is 0.391. The third kappa shape index (κ3) is 3.57. The molecule has 1 aromatic heterocycles. The average molecular weight is 274 g/mol. The summed E-state index contributed by atoms with van der Waals surface area (Å²) >= 11 is 0. The molecule has 106 valence electrons. The highest BCUT2D eigenvalue weighted by Gasteiger charge is 2.31. The van der Waals surface area contributed by atoms with E-state index in [0.29, 0.717) is 25.5 Å². The second-order valence-electron chi connectivity index (χ2n) is 4.52. The molecule has 0 radical (unpaired) electrons. The van der Waals surface area contributed by atoms with Crippen LogP contribution in [0.4, 0.5) is 19.0 Å². The second kappa shape index (κ2) is 5.75. The summed E-state index contributed by atoms with van der Waals surface area (Å²) < 4.78 is 37.9. The summed E-state index contributed by atoms with van der Waals surface area (Å²) in [6, 6.07) is 2.10. The fourth-order valence-corrected chi connectivity index (χ4v) is 2.15. The summed E-state index contributed by atoms with van der Waals surface area (Å²) in [6.07, 6.45) is -3.11. The zero-order valence-electron chi connectivity index (χ0n) is 10.5. The molecule has 0 amide bonds. The quantitative estimate of drug-likeness (QED) is 0.899. The maximum Gasteiger partial charge on any atom is 0.416 e. The van der Waals surface area contributed by atoms with Gasteiger partial charge < -0.3 is 10.6 Å². The molecule has 2 rings (SSSR count). The van der Waals surface area contributed by atoms with E-state index in [1.807, 2.05) is 4.90 Å². The van der Waals surface area contributed by atoms with Gasteiger partial charge in [0.15, 0.2) is 0 Å². The first-order valence-corrected chi connectivity index (χ1v) is 6.21. The minimum absolute atomic E-state index is 0.391. The monoisotopic (exact) mass is 274 g/mol. The van der Waals surface area contributed by atoms with Gasteiger partial charge in [-0.3, -0.25) is 4.90 Å². The highest BCUT2D eigenvalue weighted by atomic mass is 19.4. The van der Waals surface area contributed by atoms with E-state index in [4.69, 9.17) is 5.73 Å². The van der Waals surface area contributed by atoms with Crippen molar-refractivity contribution in [3.8, 4) is 0 Å². The Hall–Kier alpha value is -1.34. The summed E-state index contributed by atoms with van der Waals surface area (Å²) in [6.45, 7) is 4.37.